The van der Waals surface area contributed by atoms with Gasteiger partial charge < -0.3 is 10.6 Å². The Hall–Kier alpha value is -0.0800. The summed E-state index contributed by atoms with van der Waals surface area (Å²) in [5, 5.41) is 0. The Labute approximate surface area is 95.2 Å². The van der Waals surface area contributed by atoms with E-state index in [9.17, 15) is 0 Å². The van der Waals surface area contributed by atoms with E-state index in [0.29, 0.717) is 5.41 Å². The summed E-state index contributed by atoms with van der Waals surface area (Å²) in [6.07, 6.45) is 5.46. The van der Waals surface area contributed by atoms with Crippen LogP contribution in [-0.2, 0) is 0 Å². The zero-order chi connectivity index (χ0) is 11.3. The molecule has 15 heavy (non-hydrogen) atoms. The predicted molar refractivity (Wildman–Crippen MR) is 66.9 cm³/mol. The van der Waals surface area contributed by atoms with Crippen LogP contribution in [0.3, 0.4) is 0 Å². The average molecular weight is 212 g/mol. The standard InChI is InChI=1S/C13H28N2/c1-4-15(9-12(2)3)11-13(10-14)7-5-6-8-13/h12H,4-11,14H2,1-3H3. The minimum absolute atomic E-state index is 0.449. The van der Waals surface area contributed by atoms with E-state index in [-0.39, 0.29) is 0 Å². The number of hydrogen-bond acceptors (Lipinski definition) is 2. The highest BCUT2D eigenvalue weighted by atomic mass is 15.1. The van der Waals surface area contributed by atoms with Crippen LogP contribution in [0.25, 0.3) is 0 Å². The summed E-state index contributed by atoms with van der Waals surface area (Å²) >= 11 is 0. The van der Waals surface area contributed by atoms with Crippen molar-refractivity contribution in [1.82, 2.24) is 4.90 Å². The van der Waals surface area contributed by atoms with E-state index in [0.717, 1.165) is 12.5 Å². The minimum Gasteiger partial charge on any atom is -0.330 e. The molecular formula is C13H28N2. The molecule has 1 rings (SSSR count). The van der Waals surface area contributed by atoms with Gasteiger partial charge in [-0.15, -0.1) is 0 Å². The molecule has 90 valence electrons. The van der Waals surface area contributed by atoms with E-state index in [1.54, 1.807) is 0 Å². The molecule has 1 saturated carbocycles. The summed E-state index contributed by atoms with van der Waals surface area (Å²) in [5.41, 5.74) is 6.43. The molecule has 0 saturated heterocycles. The predicted octanol–water partition coefficient (Wildman–Crippen LogP) is 2.48. The molecule has 0 aromatic rings. The van der Waals surface area contributed by atoms with E-state index in [1.165, 1.54) is 45.3 Å². The van der Waals surface area contributed by atoms with E-state index < -0.39 is 0 Å². The molecule has 0 amide bonds. The van der Waals surface area contributed by atoms with Crippen molar-refractivity contribution in [2.75, 3.05) is 26.2 Å². The van der Waals surface area contributed by atoms with Gasteiger partial charge >= 0.3 is 0 Å². The lowest BCUT2D eigenvalue weighted by Crippen LogP contribution is -2.42. The third-order valence-electron chi connectivity index (χ3n) is 3.73. The van der Waals surface area contributed by atoms with E-state index in [4.69, 9.17) is 5.73 Å². The number of rotatable bonds is 6. The quantitative estimate of drug-likeness (QED) is 0.733. The molecule has 0 aromatic heterocycles. The fourth-order valence-corrected chi connectivity index (χ4v) is 2.85. The molecule has 0 heterocycles. The van der Waals surface area contributed by atoms with Crippen molar-refractivity contribution in [2.24, 2.45) is 17.1 Å². The molecule has 2 N–H and O–H groups in total. The number of nitrogens with zero attached hydrogens (tertiary/aromatic N) is 1. The summed E-state index contributed by atoms with van der Waals surface area (Å²) in [5.74, 6) is 0.765. The molecule has 2 heteroatoms. The van der Waals surface area contributed by atoms with Crippen LogP contribution in [0.1, 0.15) is 46.5 Å². The monoisotopic (exact) mass is 212 g/mol. The largest absolute Gasteiger partial charge is 0.330 e. The van der Waals surface area contributed by atoms with Gasteiger partial charge in [0.25, 0.3) is 0 Å². The van der Waals surface area contributed by atoms with E-state index >= 15 is 0 Å². The highest BCUT2D eigenvalue weighted by Crippen LogP contribution is 2.37. The fourth-order valence-electron chi connectivity index (χ4n) is 2.85. The van der Waals surface area contributed by atoms with Crippen LogP contribution in [0.5, 0.6) is 0 Å². The molecule has 0 aliphatic heterocycles. The van der Waals surface area contributed by atoms with Crippen molar-refractivity contribution in [3.05, 3.63) is 0 Å². The number of nitrogens with two attached hydrogens (primary N) is 1. The summed E-state index contributed by atoms with van der Waals surface area (Å²) in [6, 6.07) is 0. The first kappa shape index (κ1) is 13.0. The van der Waals surface area contributed by atoms with Gasteiger partial charge in [0.05, 0.1) is 0 Å². The minimum atomic E-state index is 0.449. The van der Waals surface area contributed by atoms with Gasteiger partial charge in [-0.1, -0.05) is 33.6 Å². The second-order valence-corrected chi connectivity index (χ2v) is 5.63. The maximum absolute atomic E-state index is 5.98. The highest BCUT2D eigenvalue weighted by molar-refractivity contribution is 4.88. The van der Waals surface area contributed by atoms with Crippen molar-refractivity contribution < 1.29 is 0 Å². The van der Waals surface area contributed by atoms with Gasteiger partial charge in [-0.25, -0.2) is 0 Å². The molecule has 0 atom stereocenters. The first-order valence-electron chi connectivity index (χ1n) is 6.54. The molecule has 1 aliphatic rings. The summed E-state index contributed by atoms with van der Waals surface area (Å²) in [6.45, 7) is 11.3. The highest BCUT2D eigenvalue weighted by Gasteiger charge is 2.33. The molecule has 2 nitrogen and oxygen atoms in total. The summed E-state index contributed by atoms with van der Waals surface area (Å²) < 4.78 is 0. The van der Waals surface area contributed by atoms with Crippen LogP contribution < -0.4 is 5.73 Å². The molecule has 0 radical (unpaired) electrons. The Morgan fingerprint density at radius 2 is 1.87 bits per heavy atom. The third-order valence-corrected chi connectivity index (χ3v) is 3.73. The van der Waals surface area contributed by atoms with Gasteiger partial charge in [-0.05, 0) is 37.3 Å². The average Bonchev–Trinajstić information content (AvgIpc) is 2.65. The first-order valence-corrected chi connectivity index (χ1v) is 6.54. The Bertz CT molecular complexity index is 171. The molecule has 0 bridgehead atoms. The maximum Gasteiger partial charge on any atom is 0.00501 e. The molecular weight excluding hydrogens is 184 g/mol. The maximum atomic E-state index is 5.98. The number of hydrogen-bond donors (Lipinski definition) is 1. The van der Waals surface area contributed by atoms with Crippen LogP contribution in [0, 0.1) is 11.3 Å². The molecule has 0 unspecified atom stereocenters. The second-order valence-electron chi connectivity index (χ2n) is 5.63. The van der Waals surface area contributed by atoms with Crippen molar-refractivity contribution >= 4 is 0 Å². The van der Waals surface area contributed by atoms with Gasteiger partial charge in [0.1, 0.15) is 0 Å². The SMILES string of the molecule is CCN(CC(C)C)CC1(CN)CCCC1. The van der Waals surface area contributed by atoms with Crippen LogP contribution in [-0.4, -0.2) is 31.1 Å². The zero-order valence-electron chi connectivity index (χ0n) is 10.8. The first-order chi connectivity index (χ1) is 7.12. The zero-order valence-corrected chi connectivity index (χ0v) is 10.8. The van der Waals surface area contributed by atoms with Gasteiger partial charge in [0.2, 0.25) is 0 Å². The summed E-state index contributed by atoms with van der Waals surface area (Å²) in [4.78, 5) is 2.59. The Kier molecular flexibility index (Phi) is 5.07. The van der Waals surface area contributed by atoms with Crippen LogP contribution in [0.15, 0.2) is 0 Å². The van der Waals surface area contributed by atoms with Crippen molar-refractivity contribution in [2.45, 2.75) is 46.5 Å². The van der Waals surface area contributed by atoms with Gasteiger partial charge in [0, 0.05) is 13.1 Å². The van der Waals surface area contributed by atoms with Crippen molar-refractivity contribution in [3.63, 3.8) is 0 Å². The molecule has 0 aromatic carbocycles. The Balaban J connectivity index is 2.48. The fraction of sp³-hybridized carbons (Fsp3) is 1.00. The van der Waals surface area contributed by atoms with Gasteiger partial charge in [0.15, 0.2) is 0 Å². The van der Waals surface area contributed by atoms with E-state index in [1.807, 2.05) is 0 Å². The van der Waals surface area contributed by atoms with E-state index in [2.05, 4.69) is 25.7 Å². The Morgan fingerprint density at radius 3 is 2.27 bits per heavy atom. The molecule has 1 fully saturated rings. The topological polar surface area (TPSA) is 29.3 Å². The summed E-state index contributed by atoms with van der Waals surface area (Å²) in [7, 11) is 0. The van der Waals surface area contributed by atoms with Gasteiger partial charge in [-0.2, -0.15) is 0 Å². The molecule has 0 spiro atoms. The van der Waals surface area contributed by atoms with Crippen molar-refractivity contribution in [3.8, 4) is 0 Å². The normalized spacial score (nSPS) is 20.4. The van der Waals surface area contributed by atoms with Gasteiger partial charge in [-0.3, -0.25) is 0 Å². The Morgan fingerprint density at radius 1 is 1.27 bits per heavy atom. The second kappa shape index (κ2) is 5.86. The molecule has 1 aliphatic carbocycles. The van der Waals surface area contributed by atoms with Crippen molar-refractivity contribution in [1.29, 1.82) is 0 Å². The third kappa shape index (κ3) is 3.76. The lowest BCUT2D eigenvalue weighted by Gasteiger charge is -2.34. The lowest BCUT2D eigenvalue weighted by molar-refractivity contribution is 0.150. The lowest BCUT2D eigenvalue weighted by atomic mass is 9.85. The van der Waals surface area contributed by atoms with Crippen LogP contribution >= 0.6 is 0 Å². The van der Waals surface area contributed by atoms with Crippen LogP contribution in [0.4, 0.5) is 0 Å². The van der Waals surface area contributed by atoms with Crippen LogP contribution in [0.2, 0.25) is 0 Å². The smallest absolute Gasteiger partial charge is 0.00501 e.